The number of ether oxygens (including phenoxy) is 2. The highest BCUT2D eigenvalue weighted by Crippen LogP contribution is 2.34. The highest BCUT2D eigenvalue weighted by molar-refractivity contribution is 6.01. The number of hydrogen-bond donors (Lipinski definition) is 1. The van der Waals surface area contributed by atoms with Crippen molar-refractivity contribution in [2.24, 2.45) is 0 Å². The van der Waals surface area contributed by atoms with Crippen molar-refractivity contribution in [2.75, 3.05) is 26.9 Å². The molecule has 106 valence electrons. The number of imide groups is 1. The van der Waals surface area contributed by atoms with Crippen molar-refractivity contribution >= 4 is 11.9 Å². The summed E-state index contributed by atoms with van der Waals surface area (Å²) in [7, 11) is 1.55. The largest absolute Gasteiger partial charge is 0.454 e. The van der Waals surface area contributed by atoms with Gasteiger partial charge in [0.2, 0.25) is 12.7 Å². The number of aliphatic hydroxyl groups is 1. The number of hydrogen-bond acceptors (Lipinski definition) is 5. The third kappa shape index (κ3) is 2.05. The molecule has 20 heavy (non-hydrogen) atoms. The normalized spacial score (nSPS) is 18.9. The lowest BCUT2D eigenvalue weighted by Gasteiger charge is -2.18. The zero-order valence-electron chi connectivity index (χ0n) is 10.9. The van der Waals surface area contributed by atoms with Crippen LogP contribution in [0, 0.1) is 0 Å². The Balaban J connectivity index is 1.75. The molecular weight excluding hydrogens is 264 g/mol. The number of aliphatic hydroxyl groups excluding tert-OH is 1. The standard InChI is InChI=1S/C13H14N2O5/c1-14-6-12(17)15(13(14)18)5-9(16)8-2-3-10-11(4-8)20-7-19-10/h2-4,9,16H,5-7H2,1H3. The summed E-state index contributed by atoms with van der Waals surface area (Å²) in [5.41, 5.74) is 0.574. The summed E-state index contributed by atoms with van der Waals surface area (Å²) in [6, 6.07) is 4.64. The summed E-state index contributed by atoms with van der Waals surface area (Å²) < 4.78 is 10.4. The lowest BCUT2D eigenvalue weighted by Crippen LogP contribution is -2.35. The molecule has 3 amide bonds. The van der Waals surface area contributed by atoms with Gasteiger partial charge in [-0.1, -0.05) is 6.07 Å². The fourth-order valence-electron chi connectivity index (χ4n) is 2.25. The van der Waals surface area contributed by atoms with Crippen LogP contribution in [0.1, 0.15) is 11.7 Å². The molecule has 1 N–H and O–H groups in total. The molecule has 3 rings (SSSR count). The van der Waals surface area contributed by atoms with Crippen LogP contribution >= 0.6 is 0 Å². The van der Waals surface area contributed by atoms with E-state index in [0.717, 1.165) is 4.90 Å². The zero-order valence-corrected chi connectivity index (χ0v) is 10.9. The van der Waals surface area contributed by atoms with E-state index in [1.165, 1.54) is 4.90 Å². The molecule has 2 aliphatic rings. The first-order chi connectivity index (χ1) is 9.56. The second-order valence-electron chi connectivity index (χ2n) is 4.77. The summed E-state index contributed by atoms with van der Waals surface area (Å²) in [4.78, 5) is 25.8. The molecular formula is C13H14N2O5. The highest BCUT2D eigenvalue weighted by Gasteiger charge is 2.35. The van der Waals surface area contributed by atoms with Crippen molar-refractivity contribution < 1.29 is 24.2 Å². The first kappa shape index (κ1) is 12.7. The van der Waals surface area contributed by atoms with Crippen molar-refractivity contribution in [2.45, 2.75) is 6.10 Å². The van der Waals surface area contributed by atoms with Crippen molar-refractivity contribution in [1.82, 2.24) is 9.80 Å². The van der Waals surface area contributed by atoms with Gasteiger partial charge in [0, 0.05) is 7.05 Å². The number of carbonyl (C=O) groups excluding carboxylic acids is 2. The van der Waals surface area contributed by atoms with Crippen LogP contribution < -0.4 is 9.47 Å². The molecule has 1 aromatic carbocycles. The van der Waals surface area contributed by atoms with Gasteiger partial charge in [0.25, 0.3) is 0 Å². The van der Waals surface area contributed by atoms with E-state index in [2.05, 4.69) is 0 Å². The third-order valence-corrected chi connectivity index (χ3v) is 3.37. The van der Waals surface area contributed by atoms with Gasteiger partial charge in [0.1, 0.15) is 6.54 Å². The second kappa shape index (κ2) is 4.68. The average molecular weight is 278 g/mol. The average Bonchev–Trinajstić information content (AvgIpc) is 2.98. The van der Waals surface area contributed by atoms with Gasteiger partial charge in [-0.15, -0.1) is 0 Å². The Hall–Kier alpha value is -2.28. The second-order valence-corrected chi connectivity index (χ2v) is 4.77. The topological polar surface area (TPSA) is 79.3 Å². The fraction of sp³-hybridized carbons (Fsp3) is 0.385. The number of benzene rings is 1. The number of amides is 3. The van der Waals surface area contributed by atoms with E-state index in [-0.39, 0.29) is 25.8 Å². The molecule has 1 fully saturated rings. The molecule has 7 heteroatoms. The van der Waals surface area contributed by atoms with Gasteiger partial charge in [0.15, 0.2) is 11.5 Å². The van der Waals surface area contributed by atoms with Crippen molar-refractivity contribution in [3.05, 3.63) is 23.8 Å². The maximum Gasteiger partial charge on any atom is 0.327 e. The smallest absolute Gasteiger partial charge is 0.327 e. The Morgan fingerprint density at radius 2 is 2.05 bits per heavy atom. The van der Waals surface area contributed by atoms with E-state index in [9.17, 15) is 14.7 Å². The fourth-order valence-corrected chi connectivity index (χ4v) is 2.25. The van der Waals surface area contributed by atoms with Gasteiger partial charge < -0.3 is 19.5 Å². The molecule has 1 atom stereocenters. The Morgan fingerprint density at radius 1 is 1.30 bits per heavy atom. The number of β-amino-alcohol motifs (C(OH)–C–C–N with tert-alkyl or cyclic N) is 1. The van der Waals surface area contributed by atoms with Crippen LogP contribution in [0.2, 0.25) is 0 Å². The lowest BCUT2D eigenvalue weighted by atomic mass is 10.1. The number of likely N-dealkylation sites (N-methyl/N-ethyl adjacent to an activating group) is 1. The first-order valence-electron chi connectivity index (χ1n) is 6.19. The summed E-state index contributed by atoms with van der Waals surface area (Å²) in [6.07, 6.45) is -0.955. The van der Waals surface area contributed by atoms with Gasteiger partial charge in [-0.25, -0.2) is 4.79 Å². The van der Waals surface area contributed by atoms with Gasteiger partial charge in [-0.3, -0.25) is 9.69 Å². The predicted octanol–water partition coefficient (Wildman–Crippen LogP) is 0.343. The molecule has 0 spiro atoms. The van der Waals surface area contributed by atoms with Crippen molar-refractivity contribution in [3.8, 4) is 11.5 Å². The SMILES string of the molecule is CN1CC(=O)N(CC(O)c2ccc3c(c2)OCO3)C1=O. The zero-order chi connectivity index (χ0) is 14.3. The minimum atomic E-state index is -0.955. The minimum Gasteiger partial charge on any atom is -0.454 e. The van der Waals surface area contributed by atoms with Gasteiger partial charge >= 0.3 is 6.03 Å². The summed E-state index contributed by atoms with van der Waals surface area (Å²) >= 11 is 0. The summed E-state index contributed by atoms with van der Waals surface area (Å²) in [5, 5.41) is 10.2. The molecule has 1 saturated heterocycles. The van der Waals surface area contributed by atoms with E-state index in [1.807, 2.05) is 0 Å². The van der Waals surface area contributed by atoms with Crippen molar-refractivity contribution in [1.29, 1.82) is 0 Å². The number of nitrogens with zero attached hydrogens (tertiary/aromatic N) is 2. The highest BCUT2D eigenvalue weighted by atomic mass is 16.7. The summed E-state index contributed by atoms with van der Waals surface area (Å²) in [5.74, 6) is 0.865. The van der Waals surface area contributed by atoms with E-state index in [1.54, 1.807) is 25.2 Å². The molecule has 0 aromatic heterocycles. The molecule has 2 heterocycles. The molecule has 0 bridgehead atoms. The van der Waals surface area contributed by atoms with Crippen LogP contribution in [0.25, 0.3) is 0 Å². The third-order valence-electron chi connectivity index (χ3n) is 3.37. The Kier molecular flexibility index (Phi) is 2.98. The van der Waals surface area contributed by atoms with E-state index in [4.69, 9.17) is 9.47 Å². The van der Waals surface area contributed by atoms with Crippen LogP contribution in [0.5, 0.6) is 11.5 Å². The minimum absolute atomic E-state index is 0.0483. The van der Waals surface area contributed by atoms with Gasteiger partial charge in [-0.05, 0) is 17.7 Å². The Labute approximate surface area is 115 Å². The molecule has 7 nitrogen and oxygen atoms in total. The van der Waals surface area contributed by atoms with E-state index >= 15 is 0 Å². The first-order valence-corrected chi connectivity index (χ1v) is 6.19. The van der Waals surface area contributed by atoms with E-state index < -0.39 is 12.1 Å². The predicted molar refractivity (Wildman–Crippen MR) is 67.3 cm³/mol. The van der Waals surface area contributed by atoms with Crippen molar-refractivity contribution in [3.63, 3.8) is 0 Å². The Morgan fingerprint density at radius 3 is 2.75 bits per heavy atom. The Bertz CT molecular complexity index is 574. The number of rotatable bonds is 3. The number of urea groups is 1. The van der Waals surface area contributed by atoms with E-state index in [0.29, 0.717) is 17.1 Å². The van der Waals surface area contributed by atoms with Crippen LogP contribution in [0.3, 0.4) is 0 Å². The molecule has 0 radical (unpaired) electrons. The number of carbonyl (C=O) groups is 2. The molecule has 1 aromatic rings. The summed E-state index contributed by atoms with van der Waals surface area (Å²) in [6.45, 7) is 0.136. The maximum absolute atomic E-state index is 11.7. The van der Waals surface area contributed by atoms with Crippen LogP contribution in [0.15, 0.2) is 18.2 Å². The number of fused-ring (bicyclic) bond motifs is 1. The maximum atomic E-state index is 11.7. The lowest BCUT2D eigenvalue weighted by molar-refractivity contribution is -0.126. The van der Waals surface area contributed by atoms with Crippen LogP contribution in [-0.2, 0) is 4.79 Å². The molecule has 0 saturated carbocycles. The van der Waals surface area contributed by atoms with Gasteiger partial charge in [-0.2, -0.15) is 0 Å². The quantitative estimate of drug-likeness (QED) is 0.807. The molecule has 1 unspecified atom stereocenters. The monoisotopic (exact) mass is 278 g/mol. The van der Waals surface area contributed by atoms with Crippen LogP contribution in [-0.4, -0.2) is 53.8 Å². The molecule has 2 aliphatic heterocycles. The van der Waals surface area contributed by atoms with Crippen LogP contribution in [0.4, 0.5) is 4.79 Å². The molecule has 0 aliphatic carbocycles. The van der Waals surface area contributed by atoms with Gasteiger partial charge in [0.05, 0.1) is 12.6 Å².